The predicted molar refractivity (Wildman–Crippen MR) is 310 cm³/mol. The smallest absolute Gasteiger partial charge is 0.172 e. The largest absolute Gasteiger partial charge is 0.489 e. The molecule has 2 fully saturated rings. The van der Waals surface area contributed by atoms with Gasteiger partial charge in [-0.2, -0.15) is 0 Å². The molecule has 1 N–H and O–H groups in total. The first-order valence-electron chi connectivity index (χ1n) is 28.7. The predicted octanol–water partition coefficient (Wildman–Crippen LogP) is 14.4. The van der Waals surface area contributed by atoms with E-state index in [9.17, 15) is 0 Å². The SMILES string of the molecule is CC12Oc3cccc(C4=C(c5nc(C6=CCCCC6)nc(-c6c#cccc6)n5)C=C(C5CC=CC6=C5C5CCC7C(c8ccccc8N7c7ccccc7)C5O6)CN4)c3C1C=CC1(C)C2C2=CC=CCC2N1c1ccccc1. The Morgan fingerprint density at radius 3 is 2.47 bits per heavy atom. The average molecular weight is 1020 g/mol. The number of aromatic nitrogens is 3. The van der Waals surface area contributed by atoms with E-state index in [1.165, 1.54) is 56.9 Å². The van der Waals surface area contributed by atoms with Crippen LogP contribution in [0.2, 0.25) is 0 Å². The van der Waals surface area contributed by atoms with Gasteiger partial charge in [0.2, 0.25) is 0 Å². The van der Waals surface area contributed by atoms with E-state index in [1.807, 2.05) is 18.2 Å². The maximum atomic E-state index is 7.56. The van der Waals surface area contributed by atoms with Gasteiger partial charge in [-0.05, 0) is 154 Å². The fourth-order valence-electron chi connectivity index (χ4n) is 16.4. The molecular weight excluding hydrogens is 957 g/mol. The number of fused-ring (bicyclic) bond motifs is 13. The summed E-state index contributed by atoms with van der Waals surface area (Å²) in [5.41, 5.74) is 14.9. The van der Waals surface area contributed by atoms with E-state index in [0.717, 1.165) is 84.7 Å². The monoisotopic (exact) mass is 1020 g/mol. The lowest BCUT2D eigenvalue weighted by Gasteiger charge is -2.49. The van der Waals surface area contributed by atoms with Gasteiger partial charge in [0, 0.05) is 75.9 Å². The first-order valence-corrected chi connectivity index (χ1v) is 28.7. The number of nitrogens with one attached hydrogen (secondary N) is 1. The first kappa shape index (κ1) is 46.0. The Morgan fingerprint density at radius 1 is 0.795 bits per heavy atom. The van der Waals surface area contributed by atoms with E-state index in [2.05, 4.69) is 199 Å². The zero-order valence-corrected chi connectivity index (χ0v) is 44.3. The second kappa shape index (κ2) is 17.7. The number of dihydropyridines is 1. The molecular formula is C70H62N6O2. The second-order valence-corrected chi connectivity index (χ2v) is 23.5. The van der Waals surface area contributed by atoms with Crippen LogP contribution in [-0.4, -0.2) is 50.8 Å². The fraction of sp³-hybridized carbons (Fsp3) is 0.300. The molecule has 0 radical (unpaired) electrons. The van der Waals surface area contributed by atoms with Gasteiger partial charge in [-0.3, -0.25) is 0 Å². The lowest BCUT2D eigenvalue weighted by Crippen LogP contribution is -2.57. The third-order valence-electron chi connectivity index (χ3n) is 19.4. The lowest BCUT2D eigenvalue weighted by molar-refractivity contribution is 0.0296. The van der Waals surface area contributed by atoms with Crippen molar-refractivity contribution in [3.8, 4) is 17.1 Å². The van der Waals surface area contributed by atoms with Crippen LogP contribution in [0.5, 0.6) is 5.75 Å². The molecule has 5 aromatic carbocycles. The number of hydrogen-bond donors (Lipinski definition) is 1. The molecule has 10 unspecified atom stereocenters. The summed E-state index contributed by atoms with van der Waals surface area (Å²) < 4.78 is 14.9. The van der Waals surface area contributed by atoms with Crippen molar-refractivity contribution in [1.82, 2.24) is 20.3 Å². The van der Waals surface area contributed by atoms with Crippen molar-refractivity contribution < 1.29 is 9.47 Å². The molecule has 1 saturated heterocycles. The molecule has 0 bridgehead atoms. The highest BCUT2D eigenvalue weighted by Crippen LogP contribution is 2.64. The number of allylic oxidation sites excluding steroid dienone is 8. The van der Waals surface area contributed by atoms with Gasteiger partial charge >= 0.3 is 0 Å². The van der Waals surface area contributed by atoms with Gasteiger partial charge in [0.1, 0.15) is 23.2 Å². The van der Waals surface area contributed by atoms with Gasteiger partial charge in [0.05, 0.1) is 22.8 Å². The highest BCUT2D eigenvalue weighted by molar-refractivity contribution is 5.96. The Morgan fingerprint density at radius 2 is 1.63 bits per heavy atom. The third-order valence-corrected chi connectivity index (χ3v) is 19.4. The normalized spacial score (nSPS) is 30.5. The van der Waals surface area contributed by atoms with Crippen molar-refractivity contribution in [2.75, 3.05) is 16.3 Å². The van der Waals surface area contributed by atoms with Crippen LogP contribution in [0.3, 0.4) is 0 Å². The third kappa shape index (κ3) is 6.82. The standard InChI is InChI=1S/C70H62N6O2/c1-69-40-39-54-61-51(32-20-36-59(61)78-70(54,2)65(69)50-30-16-18-34-56(50)76(69)47-27-13-6-14-28-47)63-53(68-73-66(43-21-7-3-8-22-43)72-67(74-68)44-23-9-4-10-24-44)41-45(42-71-63)48-31-19-35-58-60(48)52-37-38-57-62(64(52)77-58)49-29-15-17-33-55(49)75(57)46-25-11-5-12-26-46/h3,5-7,11-21,23,25-30,32-33,35-36,39-41,48,52,54,56-57,62,64-65,71H,4,9-10,24,31,34,37-38,42H2,1-2H3. The van der Waals surface area contributed by atoms with Crippen LogP contribution in [0.25, 0.3) is 28.2 Å². The van der Waals surface area contributed by atoms with Crippen LogP contribution in [0.4, 0.5) is 17.1 Å². The minimum absolute atomic E-state index is 0.0189. The van der Waals surface area contributed by atoms with E-state index < -0.39 is 5.60 Å². The molecule has 78 heavy (non-hydrogen) atoms. The van der Waals surface area contributed by atoms with E-state index in [0.29, 0.717) is 30.2 Å². The molecule has 10 aliphatic rings. The van der Waals surface area contributed by atoms with Gasteiger partial charge < -0.3 is 24.6 Å². The molecule has 384 valence electrons. The van der Waals surface area contributed by atoms with Gasteiger partial charge in [-0.1, -0.05) is 127 Å². The van der Waals surface area contributed by atoms with Crippen molar-refractivity contribution in [3.05, 3.63) is 239 Å². The van der Waals surface area contributed by atoms with Crippen LogP contribution in [-0.2, 0) is 4.74 Å². The molecule has 5 aliphatic heterocycles. The van der Waals surface area contributed by atoms with E-state index in [4.69, 9.17) is 24.4 Å². The molecule has 10 atom stereocenters. The fourth-order valence-corrected chi connectivity index (χ4v) is 16.4. The number of ether oxygens (including phenoxy) is 2. The maximum Gasteiger partial charge on any atom is 0.172 e. The Bertz CT molecular complexity index is 3700. The number of hydrogen-bond acceptors (Lipinski definition) is 8. The highest BCUT2D eigenvalue weighted by atomic mass is 16.5. The van der Waals surface area contributed by atoms with Crippen LogP contribution in [0.1, 0.15) is 105 Å². The minimum atomic E-state index is -0.564. The summed E-state index contributed by atoms with van der Waals surface area (Å²) in [4.78, 5) is 21.5. The Hall–Kier alpha value is -8.15. The molecule has 16 rings (SSSR count). The Balaban J connectivity index is 0.837. The quantitative estimate of drug-likeness (QED) is 0.159. The summed E-state index contributed by atoms with van der Waals surface area (Å²) in [7, 11) is 0. The van der Waals surface area contributed by atoms with Gasteiger partial charge in [0.25, 0.3) is 0 Å². The lowest BCUT2D eigenvalue weighted by atomic mass is 9.62. The molecule has 0 amide bonds. The average Bonchev–Trinajstić information content (AvgIpc) is 4.39. The second-order valence-electron chi connectivity index (χ2n) is 23.5. The minimum Gasteiger partial charge on any atom is -0.489 e. The number of rotatable bonds is 7. The van der Waals surface area contributed by atoms with Crippen molar-refractivity contribution in [1.29, 1.82) is 0 Å². The number of para-hydroxylation sites is 3. The van der Waals surface area contributed by atoms with Crippen molar-refractivity contribution in [2.45, 2.75) is 106 Å². The van der Waals surface area contributed by atoms with Crippen LogP contribution in [0, 0.1) is 29.9 Å². The van der Waals surface area contributed by atoms with Crippen molar-refractivity contribution in [3.63, 3.8) is 0 Å². The van der Waals surface area contributed by atoms with Crippen molar-refractivity contribution >= 4 is 33.9 Å². The number of anilines is 3. The summed E-state index contributed by atoms with van der Waals surface area (Å²) in [5, 5.41) is 4.16. The Kier molecular flexibility index (Phi) is 10.4. The van der Waals surface area contributed by atoms with Gasteiger partial charge in [-0.25, -0.2) is 15.0 Å². The summed E-state index contributed by atoms with van der Waals surface area (Å²) in [6.45, 7) is 5.49. The number of nitrogens with zero attached hydrogens (tertiary/aromatic N) is 5. The Labute approximate surface area is 458 Å². The maximum absolute atomic E-state index is 7.56. The van der Waals surface area contributed by atoms with Crippen molar-refractivity contribution in [2.24, 2.45) is 17.8 Å². The number of benzene rings is 4. The van der Waals surface area contributed by atoms with Crippen LogP contribution in [0.15, 0.2) is 198 Å². The van der Waals surface area contributed by atoms with Crippen LogP contribution >= 0.6 is 0 Å². The molecule has 8 nitrogen and oxygen atoms in total. The molecule has 1 aromatic heterocycles. The summed E-state index contributed by atoms with van der Waals surface area (Å²) in [5.74, 6) is 4.79. The highest BCUT2D eigenvalue weighted by Gasteiger charge is 2.66. The summed E-state index contributed by atoms with van der Waals surface area (Å²) in [6, 6.07) is 50.7. The summed E-state index contributed by atoms with van der Waals surface area (Å²) in [6.07, 6.45) is 29.7. The summed E-state index contributed by atoms with van der Waals surface area (Å²) >= 11 is 0. The van der Waals surface area contributed by atoms with E-state index >= 15 is 0 Å². The first-order chi connectivity index (χ1) is 38.4. The van der Waals surface area contributed by atoms with Crippen LogP contribution < -0.4 is 19.9 Å². The molecule has 6 heterocycles. The molecule has 0 spiro atoms. The van der Waals surface area contributed by atoms with E-state index in [-0.39, 0.29) is 41.4 Å². The zero-order chi connectivity index (χ0) is 51.7. The molecule has 5 aliphatic carbocycles. The van der Waals surface area contributed by atoms with Gasteiger partial charge in [0.15, 0.2) is 17.5 Å². The molecule has 6 aromatic rings. The topological polar surface area (TPSA) is 75.6 Å². The van der Waals surface area contributed by atoms with E-state index in [1.54, 1.807) is 0 Å². The molecule has 1 saturated carbocycles. The molecule has 8 heteroatoms. The zero-order valence-electron chi connectivity index (χ0n) is 44.3. The van der Waals surface area contributed by atoms with Gasteiger partial charge in [-0.15, -0.1) is 0 Å².